The lowest BCUT2D eigenvalue weighted by molar-refractivity contribution is 0.333. The Labute approximate surface area is 344 Å². The van der Waals surface area contributed by atoms with E-state index < -0.39 is 0 Å². The standard InChI is InChI=1S/C57H51N/c1-55(2)33-34-56(3,4)54-46(20-14-22-51(54)55)40-24-26-41(27-25-40)48-36-49-47-19-12-13-21-50(47)57(5,6)52(49)37-53(48)58(44-17-8-7-9-18-44)45-31-29-39(30-32-45)43-28-23-38-15-10-11-16-42(38)35-43/h7-32,35-37H,33-34H2,1-6H3. The van der Waals surface area contributed by atoms with Crippen LogP contribution in [0.25, 0.3) is 55.3 Å². The maximum absolute atomic E-state index is 2.49. The van der Waals surface area contributed by atoms with Gasteiger partial charge in [0.15, 0.2) is 0 Å². The number of fused-ring (bicyclic) bond motifs is 5. The third-order valence-electron chi connectivity index (χ3n) is 13.5. The molecular weight excluding hydrogens is 699 g/mol. The van der Waals surface area contributed by atoms with Crippen molar-refractivity contribution in [3.8, 4) is 44.5 Å². The van der Waals surface area contributed by atoms with Gasteiger partial charge in [0.25, 0.3) is 0 Å². The smallest absolute Gasteiger partial charge is 0.0543 e. The van der Waals surface area contributed by atoms with E-state index in [9.17, 15) is 0 Å². The molecule has 2 aliphatic rings. The molecule has 0 aliphatic heterocycles. The van der Waals surface area contributed by atoms with Gasteiger partial charge in [-0.15, -0.1) is 0 Å². The molecule has 0 radical (unpaired) electrons. The highest BCUT2D eigenvalue weighted by molar-refractivity contribution is 5.95. The fourth-order valence-corrected chi connectivity index (χ4v) is 10.1. The van der Waals surface area contributed by atoms with E-state index in [0.29, 0.717) is 0 Å². The SMILES string of the molecule is CC1(C)CCC(C)(C)c2c(-c3ccc(-c4cc5c(cc4N(c4ccccc4)c4ccc(-c6ccc7ccccc7c6)cc4)C(C)(C)c4ccccc4-5)cc3)cccc21. The third kappa shape index (κ3) is 5.90. The van der Waals surface area contributed by atoms with E-state index in [1.54, 1.807) is 0 Å². The molecular formula is C57H51N. The highest BCUT2D eigenvalue weighted by atomic mass is 15.1. The summed E-state index contributed by atoms with van der Waals surface area (Å²) in [5.74, 6) is 0. The summed E-state index contributed by atoms with van der Waals surface area (Å²) in [4.78, 5) is 2.46. The van der Waals surface area contributed by atoms with Gasteiger partial charge in [0.1, 0.15) is 0 Å². The molecule has 0 amide bonds. The monoisotopic (exact) mass is 749 g/mol. The summed E-state index contributed by atoms with van der Waals surface area (Å²) in [5, 5.41) is 2.52. The molecule has 8 aromatic rings. The van der Waals surface area contributed by atoms with Crippen LogP contribution in [0.4, 0.5) is 17.1 Å². The molecule has 284 valence electrons. The first-order valence-electron chi connectivity index (χ1n) is 21.0. The van der Waals surface area contributed by atoms with Crippen LogP contribution in [-0.2, 0) is 16.2 Å². The van der Waals surface area contributed by atoms with Crippen molar-refractivity contribution in [1.29, 1.82) is 0 Å². The summed E-state index contributed by atoms with van der Waals surface area (Å²) in [7, 11) is 0. The largest absolute Gasteiger partial charge is 0.310 e. The van der Waals surface area contributed by atoms with Crippen molar-refractivity contribution in [2.45, 2.75) is 70.6 Å². The number of nitrogens with zero attached hydrogens (tertiary/aromatic N) is 1. The van der Waals surface area contributed by atoms with Gasteiger partial charge >= 0.3 is 0 Å². The first-order valence-corrected chi connectivity index (χ1v) is 21.0. The van der Waals surface area contributed by atoms with Gasteiger partial charge in [0.05, 0.1) is 5.69 Å². The molecule has 1 nitrogen and oxygen atoms in total. The molecule has 0 aromatic heterocycles. The molecule has 8 aromatic carbocycles. The molecule has 0 bridgehead atoms. The lowest BCUT2D eigenvalue weighted by Crippen LogP contribution is -2.34. The quantitative estimate of drug-likeness (QED) is 0.164. The normalized spacial score (nSPS) is 15.7. The molecule has 0 fully saturated rings. The first kappa shape index (κ1) is 36.2. The lowest BCUT2D eigenvalue weighted by atomic mass is 9.61. The van der Waals surface area contributed by atoms with Crippen LogP contribution in [-0.4, -0.2) is 0 Å². The third-order valence-corrected chi connectivity index (χ3v) is 13.5. The van der Waals surface area contributed by atoms with Gasteiger partial charge in [-0.1, -0.05) is 175 Å². The summed E-state index contributed by atoms with van der Waals surface area (Å²) in [6.45, 7) is 14.5. The van der Waals surface area contributed by atoms with Gasteiger partial charge in [-0.05, 0) is 138 Å². The van der Waals surface area contributed by atoms with Crippen LogP contribution in [0, 0.1) is 0 Å². The van der Waals surface area contributed by atoms with Crippen molar-refractivity contribution < 1.29 is 0 Å². The molecule has 1 heteroatoms. The summed E-state index contributed by atoms with van der Waals surface area (Å²) in [5.41, 5.74) is 19.5. The average Bonchev–Trinajstić information content (AvgIpc) is 3.47. The fourth-order valence-electron chi connectivity index (χ4n) is 10.1. The second-order valence-electron chi connectivity index (χ2n) is 18.4. The van der Waals surface area contributed by atoms with E-state index in [1.165, 1.54) is 96.1 Å². The number of anilines is 3. The van der Waals surface area contributed by atoms with Gasteiger partial charge in [-0.3, -0.25) is 0 Å². The number of hydrogen-bond acceptors (Lipinski definition) is 1. The van der Waals surface area contributed by atoms with E-state index in [4.69, 9.17) is 0 Å². The molecule has 58 heavy (non-hydrogen) atoms. The lowest BCUT2D eigenvalue weighted by Gasteiger charge is -2.43. The van der Waals surface area contributed by atoms with E-state index in [1.807, 2.05) is 0 Å². The Morgan fingerprint density at radius 2 is 0.931 bits per heavy atom. The maximum atomic E-state index is 2.49. The van der Waals surface area contributed by atoms with Crippen LogP contribution in [0.2, 0.25) is 0 Å². The molecule has 0 unspecified atom stereocenters. The Bertz CT molecular complexity index is 2840. The van der Waals surface area contributed by atoms with Crippen molar-refractivity contribution in [3.05, 3.63) is 198 Å². The Morgan fingerprint density at radius 1 is 0.362 bits per heavy atom. The predicted molar refractivity (Wildman–Crippen MR) is 248 cm³/mol. The number of benzene rings is 8. The molecule has 0 saturated heterocycles. The van der Waals surface area contributed by atoms with Gasteiger partial charge in [-0.25, -0.2) is 0 Å². The molecule has 2 aliphatic carbocycles. The number of para-hydroxylation sites is 1. The zero-order valence-corrected chi connectivity index (χ0v) is 34.6. The fraction of sp³-hybridized carbons (Fsp3) is 0.193. The Morgan fingerprint density at radius 3 is 1.69 bits per heavy atom. The van der Waals surface area contributed by atoms with E-state index >= 15 is 0 Å². The summed E-state index contributed by atoms with van der Waals surface area (Å²) in [6, 6.07) is 65.8. The Balaban J connectivity index is 1.14. The van der Waals surface area contributed by atoms with Crippen LogP contribution in [0.3, 0.4) is 0 Å². The topological polar surface area (TPSA) is 3.24 Å². The first-order chi connectivity index (χ1) is 28.0. The van der Waals surface area contributed by atoms with Crippen molar-refractivity contribution >= 4 is 27.8 Å². The average molecular weight is 750 g/mol. The van der Waals surface area contributed by atoms with Gasteiger partial charge in [0, 0.05) is 22.4 Å². The zero-order valence-electron chi connectivity index (χ0n) is 34.6. The Kier molecular flexibility index (Phi) is 8.39. The highest BCUT2D eigenvalue weighted by Crippen LogP contribution is 2.54. The van der Waals surface area contributed by atoms with Gasteiger partial charge in [-0.2, -0.15) is 0 Å². The minimum atomic E-state index is -0.141. The van der Waals surface area contributed by atoms with Gasteiger partial charge < -0.3 is 4.90 Å². The van der Waals surface area contributed by atoms with Crippen molar-refractivity contribution in [2.24, 2.45) is 0 Å². The van der Waals surface area contributed by atoms with E-state index in [-0.39, 0.29) is 16.2 Å². The number of hydrogen-bond donors (Lipinski definition) is 0. The van der Waals surface area contributed by atoms with Crippen molar-refractivity contribution in [1.82, 2.24) is 0 Å². The van der Waals surface area contributed by atoms with Gasteiger partial charge in [0.2, 0.25) is 0 Å². The van der Waals surface area contributed by atoms with Crippen molar-refractivity contribution in [2.75, 3.05) is 4.90 Å². The van der Waals surface area contributed by atoms with Crippen LogP contribution in [0.15, 0.2) is 176 Å². The predicted octanol–water partition coefficient (Wildman–Crippen LogP) is 16.0. The van der Waals surface area contributed by atoms with Crippen LogP contribution in [0.5, 0.6) is 0 Å². The molecule has 0 spiro atoms. The summed E-state index contributed by atoms with van der Waals surface area (Å²) in [6.07, 6.45) is 2.40. The van der Waals surface area contributed by atoms with E-state index in [0.717, 1.165) is 11.4 Å². The summed E-state index contributed by atoms with van der Waals surface area (Å²) < 4.78 is 0. The van der Waals surface area contributed by atoms with E-state index in [2.05, 4.69) is 222 Å². The summed E-state index contributed by atoms with van der Waals surface area (Å²) >= 11 is 0. The second kappa shape index (κ2) is 13.5. The molecule has 0 heterocycles. The second-order valence-corrected chi connectivity index (χ2v) is 18.4. The molecule has 10 rings (SSSR count). The minimum absolute atomic E-state index is 0.119. The molecule has 0 atom stereocenters. The van der Waals surface area contributed by atoms with Crippen LogP contribution >= 0.6 is 0 Å². The van der Waals surface area contributed by atoms with Crippen LogP contribution in [0.1, 0.15) is 76.6 Å². The zero-order chi connectivity index (χ0) is 39.8. The highest BCUT2D eigenvalue weighted by Gasteiger charge is 2.39. The minimum Gasteiger partial charge on any atom is -0.310 e. The molecule has 0 saturated carbocycles. The number of rotatable bonds is 6. The Hall–Kier alpha value is -6.18. The molecule has 0 N–H and O–H groups in total. The van der Waals surface area contributed by atoms with Crippen LogP contribution < -0.4 is 4.90 Å². The maximum Gasteiger partial charge on any atom is 0.0543 e. The van der Waals surface area contributed by atoms with Crippen molar-refractivity contribution in [3.63, 3.8) is 0 Å².